The molecule has 0 spiro atoms. The van der Waals surface area contributed by atoms with Crippen molar-refractivity contribution in [2.45, 2.75) is 31.7 Å². The maximum absolute atomic E-state index is 12.3. The number of amides is 1. The molecule has 1 aromatic carbocycles. The predicted molar refractivity (Wildman–Crippen MR) is 126 cm³/mol. The SMILES string of the molecule is CCc1ccc(-c2c(C#N)c(N)nc(SCCC(=O)Nc3cc(C)ccn3)c2C#N)cc1. The van der Waals surface area contributed by atoms with Crippen molar-refractivity contribution in [2.24, 2.45) is 0 Å². The molecule has 1 amide bonds. The largest absolute Gasteiger partial charge is 0.383 e. The second kappa shape index (κ2) is 10.4. The number of anilines is 2. The van der Waals surface area contributed by atoms with E-state index in [1.807, 2.05) is 37.3 Å². The first kappa shape index (κ1) is 22.8. The molecule has 0 aliphatic heterocycles. The monoisotopic (exact) mass is 442 g/mol. The third-order valence-electron chi connectivity index (χ3n) is 4.82. The minimum absolute atomic E-state index is 0.0666. The molecule has 0 unspecified atom stereocenters. The van der Waals surface area contributed by atoms with E-state index in [0.717, 1.165) is 23.1 Å². The lowest BCUT2D eigenvalue weighted by Crippen LogP contribution is -2.13. The number of hydrogen-bond donors (Lipinski definition) is 2. The van der Waals surface area contributed by atoms with E-state index in [9.17, 15) is 15.3 Å². The first-order chi connectivity index (χ1) is 15.5. The molecule has 0 aliphatic carbocycles. The van der Waals surface area contributed by atoms with Crippen LogP contribution in [0, 0.1) is 29.6 Å². The molecule has 8 heteroatoms. The Morgan fingerprint density at radius 2 is 1.88 bits per heavy atom. The number of carbonyl (C=O) groups is 1. The van der Waals surface area contributed by atoms with Gasteiger partial charge in [0.25, 0.3) is 0 Å². The van der Waals surface area contributed by atoms with E-state index >= 15 is 0 Å². The predicted octanol–water partition coefficient (Wildman–Crippen LogP) is 4.46. The molecule has 3 aromatic rings. The number of carbonyl (C=O) groups excluding carboxylic acids is 1. The summed E-state index contributed by atoms with van der Waals surface area (Å²) in [5.74, 6) is 0.762. The molecule has 0 saturated heterocycles. The fourth-order valence-corrected chi connectivity index (χ4v) is 4.08. The lowest BCUT2D eigenvalue weighted by atomic mass is 9.96. The van der Waals surface area contributed by atoms with Gasteiger partial charge in [-0.05, 0) is 42.2 Å². The molecule has 2 heterocycles. The first-order valence-electron chi connectivity index (χ1n) is 10.0. The Balaban J connectivity index is 1.82. The summed E-state index contributed by atoms with van der Waals surface area (Å²) in [5, 5.41) is 22.7. The Labute approximate surface area is 191 Å². The van der Waals surface area contributed by atoms with Crippen LogP contribution >= 0.6 is 11.8 Å². The zero-order valence-corrected chi connectivity index (χ0v) is 18.7. The van der Waals surface area contributed by atoms with Crippen molar-refractivity contribution in [1.82, 2.24) is 9.97 Å². The number of nitrogens with zero attached hydrogens (tertiary/aromatic N) is 4. The van der Waals surface area contributed by atoms with Crippen molar-refractivity contribution in [1.29, 1.82) is 10.5 Å². The normalized spacial score (nSPS) is 10.2. The Bertz CT molecular complexity index is 1220. The molecule has 2 aromatic heterocycles. The third kappa shape index (κ3) is 5.23. The van der Waals surface area contributed by atoms with Crippen LogP contribution in [0.15, 0.2) is 47.6 Å². The maximum Gasteiger partial charge on any atom is 0.226 e. The summed E-state index contributed by atoms with van der Waals surface area (Å²) in [5.41, 5.74) is 9.87. The van der Waals surface area contributed by atoms with Gasteiger partial charge in [-0.15, -0.1) is 11.8 Å². The van der Waals surface area contributed by atoms with Crippen LogP contribution in [0.2, 0.25) is 0 Å². The number of pyridine rings is 2. The van der Waals surface area contributed by atoms with Gasteiger partial charge in [0, 0.05) is 23.9 Å². The number of aryl methyl sites for hydroxylation is 2. The Morgan fingerprint density at radius 3 is 2.50 bits per heavy atom. The van der Waals surface area contributed by atoms with Crippen LogP contribution in [0.4, 0.5) is 11.6 Å². The number of aromatic nitrogens is 2. The molecule has 0 atom stereocenters. The molecule has 160 valence electrons. The van der Waals surface area contributed by atoms with E-state index in [4.69, 9.17) is 5.73 Å². The molecule has 0 bridgehead atoms. The van der Waals surface area contributed by atoms with Crippen LogP contribution in [0.5, 0.6) is 0 Å². The molecule has 0 aliphatic rings. The van der Waals surface area contributed by atoms with Gasteiger partial charge in [0.15, 0.2) is 0 Å². The molecule has 7 nitrogen and oxygen atoms in total. The van der Waals surface area contributed by atoms with Crippen LogP contribution in [-0.4, -0.2) is 21.6 Å². The minimum atomic E-state index is -0.189. The van der Waals surface area contributed by atoms with Gasteiger partial charge in [-0.25, -0.2) is 9.97 Å². The standard InChI is InChI=1S/C24H22N6OS/c1-3-16-4-6-17(7-5-16)22-18(13-25)23(27)30-24(19(22)14-26)32-11-9-21(31)29-20-12-15(2)8-10-28-20/h4-8,10,12H,3,9,11H2,1-2H3,(H2,27,30)(H,28,29,31). The molecule has 0 radical (unpaired) electrons. The highest BCUT2D eigenvalue weighted by Crippen LogP contribution is 2.35. The molecule has 0 saturated carbocycles. The van der Waals surface area contributed by atoms with Crippen LogP contribution < -0.4 is 11.1 Å². The lowest BCUT2D eigenvalue weighted by molar-refractivity contribution is -0.115. The van der Waals surface area contributed by atoms with Gasteiger partial charge in [0.2, 0.25) is 5.91 Å². The fourth-order valence-electron chi connectivity index (χ4n) is 3.15. The van der Waals surface area contributed by atoms with E-state index in [-0.39, 0.29) is 29.3 Å². The van der Waals surface area contributed by atoms with E-state index < -0.39 is 0 Å². The minimum Gasteiger partial charge on any atom is -0.383 e. The topological polar surface area (TPSA) is 128 Å². The zero-order valence-electron chi connectivity index (χ0n) is 17.8. The van der Waals surface area contributed by atoms with Gasteiger partial charge in [-0.1, -0.05) is 31.2 Å². The second-order valence-electron chi connectivity index (χ2n) is 7.07. The summed E-state index contributed by atoms with van der Waals surface area (Å²) in [6, 6.07) is 15.6. The van der Waals surface area contributed by atoms with Crippen molar-refractivity contribution in [2.75, 3.05) is 16.8 Å². The lowest BCUT2D eigenvalue weighted by Gasteiger charge is -2.13. The van der Waals surface area contributed by atoms with Crippen molar-refractivity contribution in [3.63, 3.8) is 0 Å². The van der Waals surface area contributed by atoms with Crippen LogP contribution in [-0.2, 0) is 11.2 Å². The average molecular weight is 443 g/mol. The number of thioether (sulfide) groups is 1. The van der Waals surface area contributed by atoms with Crippen molar-refractivity contribution < 1.29 is 4.79 Å². The molecule has 32 heavy (non-hydrogen) atoms. The number of benzene rings is 1. The van der Waals surface area contributed by atoms with E-state index in [1.54, 1.807) is 12.3 Å². The Hall–Kier alpha value is -3.88. The van der Waals surface area contributed by atoms with E-state index in [1.165, 1.54) is 11.8 Å². The summed E-state index contributed by atoms with van der Waals surface area (Å²) >= 11 is 1.26. The summed E-state index contributed by atoms with van der Waals surface area (Å²) in [7, 11) is 0. The fraction of sp³-hybridized carbons (Fsp3) is 0.208. The van der Waals surface area contributed by atoms with Gasteiger partial charge in [0.1, 0.15) is 34.4 Å². The number of nitrogens with one attached hydrogen (secondary N) is 1. The summed E-state index contributed by atoms with van der Waals surface area (Å²) < 4.78 is 0. The summed E-state index contributed by atoms with van der Waals surface area (Å²) in [6.45, 7) is 3.98. The van der Waals surface area contributed by atoms with Crippen molar-refractivity contribution in [3.8, 4) is 23.3 Å². The van der Waals surface area contributed by atoms with Crippen molar-refractivity contribution in [3.05, 3.63) is 64.8 Å². The number of hydrogen-bond acceptors (Lipinski definition) is 7. The van der Waals surface area contributed by atoms with Gasteiger partial charge in [-0.2, -0.15) is 10.5 Å². The van der Waals surface area contributed by atoms with Gasteiger partial charge >= 0.3 is 0 Å². The highest BCUT2D eigenvalue weighted by Gasteiger charge is 2.20. The second-order valence-corrected chi connectivity index (χ2v) is 8.15. The third-order valence-corrected chi connectivity index (χ3v) is 5.79. The Morgan fingerprint density at radius 1 is 1.16 bits per heavy atom. The number of rotatable bonds is 7. The average Bonchev–Trinajstić information content (AvgIpc) is 2.78. The summed E-state index contributed by atoms with van der Waals surface area (Å²) in [4.78, 5) is 20.7. The van der Waals surface area contributed by atoms with Crippen LogP contribution in [0.1, 0.15) is 35.6 Å². The maximum atomic E-state index is 12.3. The van der Waals surface area contributed by atoms with E-state index in [2.05, 4.69) is 34.3 Å². The molecular weight excluding hydrogens is 420 g/mol. The van der Waals surface area contributed by atoms with Crippen LogP contribution in [0.3, 0.4) is 0 Å². The molecule has 3 rings (SSSR count). The van der Waals surface area contributed by atoms with Gasteiger partial charge in [-0.3, -0.25) is 4.79 Å². The number of nitriles is 2. The first-order valence-corrected chi connectivity index (χ1v) is 11.0. The summed E-state index contributed by atoms with van der Waals surface area (Å²) in [6.07, 6.45) is 2.72. The quantitative estimate of drug-likeness (QED) is 0.517. The van der Waals surface area contributed by atoms with Crippen LogP contribution in [0.25, 0.3) is 11.1 Å². The molecule has 3 N–H and O–H groups in total. The number of nitrogens with two attached hydrogens (primary N) is 1. The highest BCUT2D eigenvalue weighted by molar-refractivity contribution is 7.99. The molecule has 0 fully saturated rings. The highest BCUT2D eigenvalue weighted by atomic mass is 32.2. The smallest absolute Gasteiger partial charge is 0.226 e. The zero-order chi connectivity index (χ0) is 23.1. The Kier molecular flexibility index (Phi) is 7.43. The van der Waals surface area contributed by atoms with Gasteiger partial charge < -0.3 is 11.1 Å². The van der Waals surface area contributed by atoms with Crippen molar-refractivity contribution >= 4 is 29.3 Å². The van der Waals surface area contributed by atoms with Gasteiger partial charge in [0.05, 0.1) is 5.56 Å². The number of nitrogen functional groups attached to an aromatic ring is 1. The molecular formula is C24H22N6OS. The van der Waals surface area contributed by atoms with E-state index in [0.29, 0.717) is 22.2 Å².